The first-order valence-electron chi connectivity index (χ1n) is 9.08. The van der Waals surface area contributed by atoms with Gasteiger partial charge < -0.3 is 13.6 Å². The molecule has 1 saturated carbocycles. The number of halogens is 1. The maximum absolute atomic E-state index is 6.16. The Morgan fingerprint density at radius 1 is 1.10 bits per heavy atom. The number of hydrogen-bond acceptors (Lipinski definition) is 8. The van der Waals surface area contributed by atoms with Crippen molar-refractivity contribution in [3.63, 3.8) is 0 Å². The summed E-state index contributed by atoms with van der Waals surface area (Å²) in [5.41, 5.74) is 0. The Bertz CT molecular complexity index is 1110. The normalized spacial score (nSPS) is 13.7. The van der Waals surface area contributed by atoms with E-state index in [4.69, 9.17) is 25.2 Å². The van der Waals surface area contributed by atoms with E-state index in [2.05, 4.69) is 25.0 Å². The first-order chi connectivity index (χ1) is 14.3. The zero-order valence-corrected chi connectivity index (χ0v) is 16.8. The van der Waals surface area contributed by atoms with Crippen LogP contribution in [0.1, 0.15) is 30.6 Å². The largest absolute Gasteiger partial charge is 0.484 e. The van der Waals surface area contributed by atoms with Gasteiger partial charge in [-0.3, -0.25) is 4.57 Å². The van der Waals surface area contributed by atoms with Crippen molar-refractivity contribution in [1.82, 2.24) is 25.0 Å². The molecule has 0 atom stereocenters. The third-order valence-electron chi connectivity index (χ3n) is 4.36. The molecule has 0 unspecified atom stereocenters. The summed E-state index contributed by atoms with van der Waals surface area (Å²) in [6, 6.07) is 11.3. The van der Waals surface area contributed by atoms with E-state index >= 15 is 0 Å². The van der Waals surface area contributed by atoms with Gasteiger partial charge in [0.2, 0.25) is 5.89 Å². The molecule has 0 amide bonds. The SMILES string of the molecule is Clc1ccccc1OCc1nnc(SCc2nnc(-c3ccco3)o2)n1C1CC1. The first kappa shape index (κ1) is 18.3. The van der Waals surface area contributed by atoms with E-state index in [0.717, 1.165) is 23.8 Å². The standard InChI is InChI=1S/C19H16ClN5O3S/c20-13-4-1-2-5-14(13)27-10-16-21-24-19(25(16)12-7-8-12)29-11-17-22-23-18(28-17)15-6-3-9-26-15/h1-6,9,12H,7-8,10-11H2. The second kappa shape index (κ2) is 7.92. The highest BCUT2D eigenvalue weighted by Crippen LogP contribution is 2.39. The molecule has 1 aliphatic rings. The Kier molecular flexibility index (Phi) is 4.99. The smallest absolute Gasteiger partial charge is 0.283 e. The third-order valence-corrected chi connectivity index (χ3v) is 5.60. The van der Waals surface area contributed by atoms with Crippen molar-refractivity contribution < 1.29 is 13.6 Å². The first-order valence-corrected chi connectivity index (χ1v) is 10.4. The van der Waals surface area contributed by atoms with Gasteiger partial charge in [-0.15, -0.1) is 20.4 Å². The lowest BCUT2D eigenvalue weighted by Crippen LogP contribution is -2.07. The fraction of sp³-hybridized carbons (Fsp3) is 0.263. The Labute approximate surface area is 175 Å². The molecule has 3 aromatic heterocycles. The summed E-state index contributed by atoms with van der Waals surface area (Å²) >= 11 is 7.67. The molecule has 4 aromatic rings. The maximum atomic E-state index is 6.16. The number of thioether (sulfide) groups is 1. The minimum atomic E-state index is 0.303. The lowest BCUT2D eigenvalue weighted by atomic mass is 10.3. The van der Waals surface area contributed by atoms with Crippen LogP contribution in [0.15, 0.2) is 56.7 Å². The van der Waals surface area contributed by atoms with Crippen LogP contribution in [-0.2, 0) is 12.4 Å². The van der Waals surface area contributed by atoms with E-state index < -0.39 is 0 Å². The van der Waals surface area contributed by atoms with Crippen LogP contribution in [-0.4, -0.2) is 25.0 Å². The molecule has 1 aromatic carbocycles. The Hall–Kier alpha value is -2.78. The number of hydrogen-bond donors (Lipinski definition) is 0. The monoisotopic (exact) mass is 429 g/mol. The van der Waals surface area contributed by atoms with Crippen molar-refractivity contribution in [1.29, 1.82) is 0 Å². The van der Waals surface area contributed by atoms with E-state index in [1.807, 2.05) is 18.2 Å². The molecule has 0 radical (unpaired) electrons. The molecule has 0 spiro atoms. The van der Waals surface area contributed by atoms with Gasteiger partial charge in [-0.1, -0.05) is 35.5 Å². The molecule has 8 nitrogen and oxygen atoms in total. The molecule has 3 heterocycles. The molecule has 10 heteroatoms. The molecule has 5 rings (SSSR count). The van der Waals surface area contributed by atoms with E-state index in [0.29, 0.717) is 46.7 Å². The summed E-state index contributed by atoms with van der Waals surface area (Å²) < 4.78 is 18.9. The van der Waals surface area contributed by atoms with Crippen LogP contribution in [0, 0.1) is 0 Å². The van der Waals surface area contributed by atoms with Crippen molar-refractivity contribution in [2.45, 2.75) is 36.4 Å². The fourth-order valence-electron chi connectivity index (χ4n) is 2.85. The number of ether oxygens (including phenoxy) is 1. The lowest BCUT2D eigenvalue weighted by Gasteiger charge is -2.10. The average molecular weight is 430 g/mol. The predicted molar refractivity (Wildman–Crippen MR) is 106 cm³/mol. The average Bonchev–Trinajstić information content (AvgIpc) is 3.15. The van der Waals surface area contributed by atoms with Gasteiger partial charge in [0, 0.05) is 6.04 Å². The fourth-order valence-corrected chi connectivity index (χ4v) is 3.90. The number of aromatic nitrogens is 5. The van der Waals surface area contributed by atoms with Gasteiger partial charge >= 0.3 is 0 Å². The lowest BCUT2D eigenvalue weighted by molar-refractivity contribution is 0.288. The van der Waals surface area contributed by atoms with Crippen molar-refractivity contribution >= 4 is 23.4 Å². The number of benzene rings is 1. The molecule has 148 valence electrons. The Morgan fingerprint density at radius 2 is 2.00 bits per heavy atom. The van der Waals surface area contributed by atoms with Crippen molar-refractivity contribution in [3.05, 3.63) is 59.4 Å². The summed E-state index contributed by atoms with van der Waals surface area (Å²) in [6.07, 6.45) is 3.78. The zero-order chi connectivity index (χ0) is 19.6. The second-order valence-electron chi connectivity index (χ2n) is 6.49. The third kappa shape index (κ3) is 4.01. The van der Waals surface area contributed by atoms with Crippen LogP contribution in [0.5, 0.6) is 5.75 Å². The van der Waals surface area contributed by atoms with Crippen molar-refractivity contribution in [2.24, 2.45) is 0 Å². The minimum absolute atomic E-state index is 0.303. The minimum Gasteiger partial charge on any atom is -0.484 e. The van der Waals surface area contributed by atoms with Gasteiger partial charge in [-0.2, -0.15) is 0 Å². The van der Waals surface area contributed by atoms with Gasteiger partial charge in [0.05, 0.1) is 17.0 Å². The van der Waals surface area contributed by atoms with Gasteiger partial charge in [-0.25, -0.2) is 0 Å². The predicted octanol–water partition coefficient (Wildman–Crippen LogP) is 4.78. The highest BCUT2D eigenvalue weighted by molar-refractivity contribution is 7.98. The summed E-state index contributed by atoms with van der Waals surface area (Å²) in [4.78, 5) is 0. The van der Waals surface area contributed by atoms with Crippen LogP contribution in [0.25, 0.3) is 11.7 Å². The number of furan rings is 1. The number of nitrogens with zero attached hydrogens (tertiary/aromatic N) is 5. The second-order valence-corrected chi connectivity index (χ2v) is 7.84. The van der Waals surface area contributed by atoms with Gasteiger partial charge in [0.15, 0.2) is 16.7 Å². The maximum Gasteiger partial charge on any atom is 0.283 e. The van der Waals surface area contributed by atoms with Crippen LogP contribution < -0.4 is 4.74 Å². The Balaban J connectivity index is 1.28. The van der Waals surface area contributed by atoms with Crippen LogP contribution in [0.4, 0.5) is 0 Å². The van der Waals surface area contributed by atoms with Crippen molar-refractivity contribution in [3.8, 4) is 17.4 Å². The molecule has 1 aliphatic carbocycles. The zero-order valence-electron chi connectivity index (χ0n) is 15.2. The number of rotatable bonds is 8. The molecular formula is C19H16ClN5O3S. The molecule has 0 saturated heterocycles. The van der Waals surface area contributed by atoms with Crippen molar-refractivity contribution in [2.75, 3.05) is 0 Å². The molecule has 29 heavy (non-hydrogen) atoms. The quantitative estimate of drug-likeness (QED) is 0.369. The van der Waals surface area contributed by atoms with E-state index in [9.17, 15) is 0 Å². The molecular weight excluding hydrogens is 414 g/mol. The van der Waals surface area contributed by atoms with Crippen LogP contribution >= 0.6 is 23.4 Å². The number of para-hydroxylation sites is 1. The van der Waals surface area contributed by atoms with E-state index in [1.54, 1.807) is 24.5 Å². The summed E-state index contributed by atoms with van der Waals surface area (Å²) in [6.45, 7) is 0.303. The van der Waals surface area contributed by atoms with Crippen LogP contribution in [0.2, 0.25) is 5.02 Å². The Morgan fingerprint density at radius 3 is 2.79 bits per heavy atom. The summed E-state index contributed by atoms with van der Waals surface area (Å²) in [7, 11) is 0. The van der Waals surface area contributed by atoms with E-state index in [1.165, 1.54) is 11.8 Å². The highest BCUT2D eigenvalue weighted by Gasteiger charge is 2.30. The van der Waals surface area contributed by atoms with Gasteiger partial charge in [0.1, 0.15) is 12.4 Å². The summed E-state index contributed by atoms with van der Waals surface area (Å²) in [5, 5.41) is 18.1. The van der Waals surface area contributed by atoms with Gasteiger partial charge in [-0.05, 0) is 37.1 Å². The molecule has 0 bridgehead atoms. The van der Waals surface area contributed by atoms with E-state index in [-0.39, 0.29) is 0 Å². The molecule has 0 aliphatic heterocycles. The molecule has 0 N–H and O–H groups in total. The summed E-state index contributed by atoms with van der Waals surface area (Å²) in [5.74, 6) is 3.31. The van der Waals surface area contributed by atoms with Gasteiger partial charge in [0.25, 0.3) is 5.89 Å². The van der Waals surface area contributed by atoms with Crippen LogP contribution in [0.3, 0.4) is 0 Å². The topological polar surface area (TPSA) is 92.0 Å². The molecule has 1 fully saturated rings. The highest BCUT2D eigenvalue weighted by atomic mass is 35.5.